The highest BCUT2D eigenvalue weighted by Gasteiger charge is 2.30. The number of amides is 4. The fourth-order valence-electron chi connectivity index (χ4n) is 9.06. The molecule has 0 bridgehead atoms. The maximum absolute atomic E-state index is 13.8. The molecule has 0 aliphatic carbocycles. The fraction of sp³-hybridized carbons (Fsp3) is 0.420. The SMILES string of the molecule is Cc1[nH]c(/C=C2\C(=O)Nc3ccc(F)cc32)c(C)c1CC(=O)N1CCC(CC(=O)OC(C)(C)C)CC1.Cc1[nH]c(/C=C2\C(=O)Nc3ccc(F)cc32)c(C)c1CC(=O)N1CCC([NH3+])CC1.[Cl-]. The smallest absolute Gasteiger partial charge is 0.306 e. The van der Waals surface area contributed by atoms with Crippen LogP contribution in [0.25, 0.3) is 23.3 Å². The minimum atomic E-state index is -0.490. The molecule has 13 nitrogen and oxygen atoms in total. The first-order valence-electron chi connectivity index (χ1n) is 22.4. The number of quaternary nitrogens is 1. The molecular formula is C50H60ClF2N7O6. The predicted octanol–water partition coefficient (Wildman–Crippen LogP) is 3.82. The summed E-state index contributed by atoms with van der Waals surface area (Å²) in [6.45, 7) is 16.0. The van der Waals surface area contributed by atoms with Gasteiger partial charge in [-0.15, -0.1) is 0 Å². The van der Waals surface area contributed by atoms with E-state index in [9.17, 15) is 32.8 Å². The second-order valence-electron chi connectivity index (χ2n) is 18.7. The molecule has 0 radical (unpaired) electrons. The number of aromatic amines is 2. The molecule has 4 aliphatic heterocycles. The molecule has 7 N–H and O–H groups in total. The van der Waals surface area contributed by atoms with Crippen molar-refractivity contribution in [2.75, 3.05) is 36.8 Å². The maximum Gasteiger partial charge on any atom is 0.306 e. The van der Waals surface area contributed by atoms with Gasteiger partial charge in [-0.25, -0.2) is 8.78 Å². The first kappa shape index (κ1) is 49.4. The molecule has 4 aromatic rings. The van der Waals surface area contributed by atoms with Gasteiger partial charge in [0.2, 0.25) is 11.8 Å². The molecule has 2 aromatic carbocycles. The van der Waals surface area contributed by atoms with Crippen molar-refractivity contribution in [3.05, 3.63) is 104 Å². The van der Waals surface area contributed by atoms with E-state index in [0.717, 1.165) is 83.8 Å². The van der Waals surface area contributed by atoms with Crippen LogP contribution in [0.1, 0.15) is 109 Å². The molecule has 352 valence electrons. The summed E-state index contributed by atoms with van der Waals surface area (Å²) >= 11 is 0. The van der Waals surface area contributed by atoms with Crippen molar-refractivity contribution in [3.8, 4) is 0 Å². The number of hydrogen-bond acceptors (Lipinski definition) is 6. The lowest BCUT2D eigenvalue weighted by atomic mass is 9.93. The van der Waals surface area contributed by atoms with Crippen molar-refractivity contribution in [2.45, 2.75) is 105 Å². The van der Waals surface area contributed by atoms with E-state index in [4.69, 9.17) is 4.74 Å². The largest absolute Gasteiger partial charge is 1.00 e. The van der Waals surface area contributed by atoms with Crippen molar-refractivity contribution in [3.63, 3.8) is 0 Å². The van der Waals surface area contributed by atoms with Crippen molar-refractivity contribution in [1.29, 1.82) is 0 Å². The van der Waals surface area contributed by atoms with E-state index in [0.29, 0.717) is 65.6 Å². The molecule has 2 fully saturated rings. The summed E-state index contributed by atoms with van der Waals surface area (Å²) in [6.07, 6.45) is 7.87. The van der Waals surface area contributed by atoms with Crippen LogP contribution in [-0.2, 0) is 41.6 Å². The average molecular weight is 929 g/mol. The highest BCUT2D eigenvalue weighted by Crippen LogP contribution is 2.36. The number of likely N-dealkylation sites (tertiary alicyclic amines) is 2. The number of carbonyl (C=O) groups is 5. The minimum absolute atomic E-state index is 0. The van der Waals surface area contributed by atoms with Crippen LogP contribution in [0.15, 0.2) is 36.4 Å². The van der Waals surface area contributed by atoms with Crippen molar-refractivity contribution in [1.82, 2.24) is 19.8 Å². The molecule has 4 amide bonds. The Labute approximate surface area is 390 Å². The van der Waals surface area contributed by atoms with Gasteiger partial charge in [-0.05, 0) is 138 Å². The van der Waals surface area contributed by atoms with E-state index < -0.39 is 11.4 Å². The summed E-state index contributed by atoms with van der Waals surface area (Å²) in [5, 5.41) is 5.52. The molecule has 0 unspecified atom stereocenters. The summed E-state index contributed by atoms with van der Waals surface area (Å²) < 4.78 is 32.9. The molecule has 16 heteroatoms. The van der Waals surface area contributed by atoms with E-state index >= 15 is 0 Å². The Morgan fingerprint density at radius 2 is 1.12 bits per heavy atom. The summed E-state index contributed by atoms with van der Waals surface area (Å²) in [6, 6.07) is 8.90. The zero-order chi connectivity index (χ0) is 46.9. The van der Waals surface area contributed by atoms with Gasteiger partial charge in [-0.2, -0.15) is 0 Å². The average Bonchev–Trinajstić information content (AvgIpc) is 3.90. The Bertz CT molecular complexity index is 2610. The quantitative estimate of drug-likeness (QED) is 0.132. The second-order valence-corrected chi connectivity index (χ2v) is 18.7. The highest BCUT2D eigenvalue weighted by molar-refractivity contribution is 6.35. The number of benzene rings is 2. The summed E-state index contributed by atoms with van der Waals surface area (Å²) in [7, 11) is 0. The number of nitrogens with zero attached hydrogens (tertiary/aromatic N) is 2. The third-order valence-electron chi connectivity index (χ3n) is 12.8. The van der Waals surface area contributed by atoms with Crippen LogP contribution in [-0.4, -0.2) is 87.2 Å². The standard InChI is InChI=1S/C28H34FN3O4.C22H25FN4O2.ClH/c1-16-20(15-25(33)32-10-8-18(9-11-32)12-26(34)36-28(3,4)5)17(2)30-24(16)14-22-21-13-19(29)6-7-23(21)31-27(22)35;1-12-16(11-21(28)27-7-5-15(24)6-8-27)13(2)25-20(12)10-18-17-9-14(23)3-4-19(17)26-22(18)29;/h6-7,13-14,18,30H,8-12,15H2,1-5H3,(H,31,35);3-4,9-10,15,25H,5-8,11,24H2,1-2H3,(H,26,29);1H/b22-14-;18-10-;. The number of hydrogen-bond donors (Lipinski definition) is 5. The number of carbonyl (C=O) groups excluding carboxylic acids is 5. The van der Waals surface area contributed by atoms with Gasteiger partial charge in [-0.3, -0.25) is 24.0 Å². The van der Waals surface area contributed by atoms with Crippen LogP contribution < -0.4 is 28.8 Å². The number of esters is 1. The van der Waals surface area contributed by atoms with Gasteiger partial charge in [0.15, 0.2) is 0 Å². The summed E-state index contributed by atoms with van der Waals surface area (Å²) in [4.78, 5) is 73.2. The zero-order valence-electron chi connectivity index (χ0n) is 38.7. The van der Waals surface area contributed by atoms with E-state index in [1.807, 2.05) is 58.3 Å². The van der Waals surface area contributed by atoms with Gasteiger partial charge >= 0.3 is 5.97 Å². The summed E-state index contributed by atoms with van der Waals surface area (Å²) in [5.74, 6) is -1.13. The molecule has 6 heterocycles. The molecule has 8 rings (SSSR count). The van der Waals surface area contributed by atoms with Gasteiger partial charge in [0.05, 0.1) is 30.0 Å². The van der Waals surface area contributed by atoms with E-state index in [1.165, 1.54) is 24.3 Å². The molecule has 0 saturated carbocycles. The molecule has 66 heavy (non-hydrogen) atoms. The molecular weight excluding hydrogens is 868 g/mol. The number of halogens is 3. The lowest BCUT2D eigenvalue weighted by Gasteiger charge is -2.32. The number of nitrogens with one attached hydrogen (secondary N) is 4. The van der Waals surface area contributed by atoms with Crippen LogP contribution in [0, 0.1) is 45.2 Å². The molecule has 0 spiro atoms. The lowest BCUT2D eigenvalue weighted by Crippen LogP contribution is -3.00. The third kappa shape index (κ3) is 11.3. The molecule has 2 saturated heterocycles. The van der Waals surface area contributed by atoms with Crippen LogP contribution in [0.4, 0.5) is 20.2 Å². The Balaban J connectivity index is 0.000000220. The summed E-state index contributed by atoms with van der Waals surface area (Å²) in [5.41, 5.74) is 13.6. The highest BCUT2D eigenvalue weighted by atomic mass is 35.5. The first-order chi connectivity index (χ1) is 30.7. The molecule has 4 aliphatic rings. The topological polar surface area (TPSA) is 184 Å². The Morgan fingerprint density at radius 1 is 0.712 bits per heavy atom. The molecule has 0 atom stereocenters. The van der Waals surface area contributed by atoms with Gasteiger partial charge in [-0.1, -0.05) is 0 Å². The van der Waals surface area contributed by atoms with Gasteiger partial charge in [0.25, 0.3) is 11.8 Å². The number of rotatable bonds is 8. The lowest BCUT2D eigenvalue weighted by molar-refractivity contribution is -0.425. The first-order valence-corrected chi connectivity index (χ1v) is 22.4. The number of fused-ring (bicyclic) bond motifs is 2. The Hall–Kier alpha value is -6.06. The predicted molar refractivity (Wildman–Crippen MR) is 246 cm³/mol. The van der Waals surface area contributed by atoms with Crippen molar-refractivity contribution < 1.29 is 55.6 Å². The van der Waals surface area contributed by atoms with E-state index in [-0.39, 0.29) is 60.2 Å². The van der Waals surface area contributed by atoms with Gasteiger partial charge in [0, 0.05) is 90.7 Å². The van der Waals surface area contributed by atoms with Crippen molar-refractivity contribution in [2.24, 2.45) is 5.92 Å². The second kappa shape index (κ2) is 20.2. The Kier molecular flexibility index (Phi) is 15.1. The zero-order valence-corrected chi connectivity index (χ0v) is 39.5. The van der Waals surface area contributed by atoms with Gasteiger partial charge in [0.1, 0.15) is 17.2 Å². The van der Waals surface area contributed by atoms with E-state index in [1.54, 1.807) is 24.3 Å². The monoisotopic (exact) mass is 927 g/mol. The third-order valence-corrected chi connectivity index (χ3v) is 12.8. The minimum Gasteiger partial charge on any atom is -1.00 e. The van der Waals surface area contributed by atoms with Crippen LogP contribution >= 0.6 is 0 Å². The van der Waals surface area contributed by atoms with E-state index in [2.05, 4.69) is 26.3 Å². The van der Waals surface area contributed by atoms with Crippen LogP contribution in [0.5, 0.6) is 0 Å². The number of anilines is 2. The van der Waals surface area contributed by atoms with Crippen molar-refractivity contribution >= 4 is 64.3 Å². The number of ether oxygens (including phenoxy) is 1. The maximum atomic E-state index is 13.8. The number of H-pyrrole nitrogens is 2. The normalized spacial score (nSPS) is 17.5. The Morgan fingerprint density at radius 3 is 1.53 bits per heavy atom. The fourth-order valence-corrected chi connectivity index (χ4v) is 9.06. The van der Waals surface area contributed by atoms with Crippen LogP contribution in [0.3, 0.4) is 0 Å². The number of aromatic nitrogens is 2. The number of piperidine rings is 2. The van der Waals surface area contributed by atoms with Gasteiger partial charge < -0.3 is 53.3 Å². The van der Waals surface area contributed by atoms with Crippen LogP contribution in [0.2, 0.25) is 0 Å². The molecule has 2 aromatic heterocycles. The number of aryl methyl sites for hydroxylation is 2.